The van der Waals surface area contributed by atoms with Crippen LogP contribution < -0.4 is 5.32 Å². The second kappa shape index (κ2) is 7.37. The van der Waals surface area contributed by atoms with Crippen LogP contribution in [0.15, 0.2) is 48.8 Å². The molecule has 1 aromatic carbocycles. The monoisotopic (exact) mass is 378 g/mol. The molecule has 0 aliphatic carbocycles. The number of anilines is 1. The number of amides is 1. The van der Waals surface area contributed by atoms with Gasteiger partial charge in [-0.05, 0) is 50.6 Å². The van der Waals surface area contributed by atoms with Crippen molar-refractivity contribution in [1.29, 1.82) is 0 Å². The first-order valence-electron chi connectivity index (χ1n) is 9.63. The Morgan fingerprint density at radius 1 is 1.14 bits per heavy atom. The quantitative estimate of drug-likeness (QED) is 0.756. The molecule has 0 unspecified atom stereocenters. The fraction of sp³-hybridized carbons (Fsp3) is 0.364. The highest BCUT2D eigenvalue weighted by Gasteiger charge is 2.35. The van der Waals surface area contributed by atoms with Crippen LogP contribution in [0, 0.1) is 6.92 Å². The van der Waals surface area contributed by atoms with Gasteiger partial charge < -0.3 is 14.5 Å². The van der Waals surface area contributed by atoms with Gasteiger partial charge in [0, 0.05) is 36.7 Å². The number of ether oxygens (including phenoxy) is 1. The number of rotatable bonds is 4. The number of aryl methyl sites for hydroxylation is 1. The van der Waals surface area contributed by atoms with Crippen LogP contribution in [0.3, 0.4) is 0 Å². The number of aromatic nitrogens is 2. The minimum atomic E-state index is -0.581. The molecule has 1 N–H and O–H groups in total. The van der Waals surface area contributed by atoms with Crippen molar-refractivity contribution in [3.63, 3.8) is 0 Å². The molecule has 1 aliphatic rings. The van der Waals surface area contributed by atoms with Gasteiger partial charge in [-0.2, -0.15) is 0 Å². The van der Waals surface area contributed by atoms with Crippen molar-refractivity contribution < 1.29 is 9.53 Å². The number of imidazole rings is 1. The third kappa shape index (κ3) is 3.66. The summed E-state index contributed by atoms with van der Waals surface area (Å²) in [6.07, 6.45) is 4.04. The van der Waals surface area contributed by atoms with Crippen LogP contribution in [0.2, 0.25) is 0 Å². The normalized spacial score (nSPS) is 15.7. The summed E-state index contributed by atoms with van der Waals surface area (Å²) >= 11 is 0. The second-order valence-corrected chi connectivity index (χ2v) is 7.79. The van der Waals surface area contributed by atoms with E-state index in [0.29, 0.717) is 13.2 Å². The van der Waals surface area contributed by atoms with Gasteiger partial charge in [0.05, 0.1) is 24.4 Å². The van der Waals surface area contributed by atoms with E-state index >= 15 is 0 Å². The maximum atomic E-state index is 12.8. The minimum absolute atomic E-state index is 0.00893. The van der Waals surface area contributed by atoms with Gasteiger partial charge in [-0.25, -0.2) is 4.98 Å². The number of nitrogens with zero attached hydrogens (tertiary/aromatic N) is 3. The first-order chi connectivity index (χ1) is 13.4. The largest absolute Gasteiger partial charge is 0.379 e. The van der Waals surface area contributed by atoms with Crippen LogP contribution in [0.25, 0.3) is 16.9 Å². The van der Waals surface area contributed by atoms with Crippen molar-refractivity contribution >= 4 is 17.2 Å². The topological polar surface area (TPSA) is 58.9 Å². The van der Waals surface area contributed by atoms with Crippen LogP contribution >= 0.6 is 0 Å². The van der Waals surface area contributed by atoms with E-state index in [1.54, 1.807) is 0 Å². The van der Waals surface area contributed by atoms with E-state index in [4.69, 9.17) is 9.72 Å². The zero-order chi connectivity index (χ0) is 19.7. The summed E-state index contributed by atoms with van der Waals surface area (Å²) in [5, 5.41) is 3.05. The molecule has 1 saturated heterocycles. The Hall–Kier alpha value is -2.70. The number of pyridine rings is 1. The highest BCUT2D eigenvalue weighted by molar-refractivity contribution is 5.97. The smallest absolute Gasteiger partial charge is 0.244 e. The number of carbonyl (C=O) groups excluding carboxylic acids is 1. The van der Waals surface area contributed by atoms with Gasteiger partial charge >= 0.3 is 0 Å². The Morgan fingerprint density at radius 3 is 2.57 bits per heavy atom. The van der Waals surface area contributed by atoms with Crippen molar-refractivity contribution in [2.24, 2.45) is 0 Å². The number of hydrogen-bond acceptors (Lipinski definition) is 4. The predicted molar refractivity (Wildman–Crippen MR) is 110 cm³/mol. The van der Waals surface area contributed by atoms with Crippen molar-refractivity contribution in [2.75, 3.05) is 31.6 Å². The van der Waals surface area contributed by atoms with E-state index in [0.717, 1.165) is 35.7 Å². The Kier molecular flexibility index (Phi) is 4.91. The predicted octanol–water partition coefficient (Wildman–Crippen LogP) is 3.36. The fourth-order valence-corrected chi connectivity index (χ4v) is 3.50. The molecule has 6 heteroatoms. The summed E-state index contributed by atoms with van der Waals surface area (Å²) < 4.78 is 7.41. The summed E-state index contributed by atoms with van der Waals surface area (Å²) in [5.41, 5.74) is 4.26. The Bertz CT molecular complexity index is 985. The fourth-order valence-electron chi connectivity index (χ4n) is 3.50. The summed E-state index contributed by atoms with van der Waals surface area (Å²) in [7, 11) is 0. The van der Waals surface area contributed by atoms with Crippen LogP contribution in [0.1, 0.15) is 19.4 Å². The summed E-state index contributed by atoms with van der Waals surface area (Å²) in [4.78, 5) is 19.7. The SMILES string of the molecule is Cc1ccn2cc(-c3ccc(NC(=O)C(C)(C)N4CCOCC4)cc3)nc2c1. The number of benzene rings is 1. The minimum Gasteiger partial charge on any atom is -0.379 e. The lowest BCUT2D eigenvalue weighted by molar-refractivity contribution is -0.129. The van der Waals surface area contributed by atoms with Gasteiger partial charge in [-0.3, -0.25) is 9.69 Å². The molecule has 28 heavy (non-hydrogen) atoms. The molecule has 6 nitrogen and oxygen atoms in total. The van der Waals surface area contributed by atoms with Crippen LogP contribution in [-0.4, -0.2) is 52.0 Å². The lowest BCUT2D eigenvalue weighted by atomic mass is 10.0. The number of morpholine rings is 1. The van der Waals surface area contributed by atoms with Gasteiger partial charge in [0.25, 0.3) is 0 Å². The Balaban J connectivity index is 1.48. The van der Waals surface area contributed by atoms with Crippen molar-refractivity contribution in [3.05, 3.63) is 54.4 Å². The highest BCUT2D eigenvalue weighted by atomic mass is 16.5. The number of nitrogens with one attached hydrogen (secondary N) is 1. The molecule has 4 rings (SSSR count). The molecule has 0 spiro atoms. The maximum Gasteiger partial charge on any atom is 0.244 e. The van der Waals surface area contributed by atoms with Gasteiger partial charge in [-0.15, -0.1) is 0 Å². The summed E-state index contributed by atoms with van der Waals surface area (Å²) in [6.45, 7) is 8.86. The third-order valence-corrected chi connectivity index (χ3v) is 5.41. The molecule has 1 fully saturated rings. The Labute approximate surface area is 165 Å². The van der Waals surface area contributed by atoms with Gasteiger partial charge in [0.2, 0.25) is 5.91 Å². The molecule has 0 atom stereocenters. The number of carbonyl (C=O) groups is 1. The Morgan fingerprint density at radius 2 is 1.86 bits per heavy atom. The molecule has 3 heterocycles. The van der Waals surface area contributed by atoms with Crippen LogP contribution in [-0.2, 0) is 9.53 Å². The van der Waals surface area contributed by atoms with E-state index < -0.39 is 5.54 Å². The van der Waals surface area contributed by atoms with Crippen molar-refractivity contribution in [1.82, 2.24) is 14.3 Å². The zero-order valence-electron chi connectivity index (χ0n) is 16.6. The molecule has 0 radical (unpaired) electrons. The van der Waals surface area contributed by atoms with Crippen LogP contribution in [0.5, 0.6) is 0 Å². The molecule has 0 saturated carbocycles. The van der Waals surface area contributed by atoms with Crippen molar-refractivity contribution in [2.45, 2.75) is 26.3 Å². The highest BCUT2D eigenvalue weighted by Crippen LogP contribution is 2.23. The van der Waals surface area contributed by atoms with E-state index in [1.807, 2.05) is 54.9 Å². The standard InChI is InChI=1S/C22H26N4O2/c1-16-8-9-25-15-19(24-20(25)14-16)17-4-6-18(7-5-17)23-21(27)22(2,3)26-10-12-28-13-11-26/h4-9,14-15H,10-13H2,1-3H3,(H,23,27). The van der Waals surface area contributed by atoms with Crippen LogP contribution in [0.4, 0.5) is 5.69 Å². The van der Waals surface area contributed by atoms with E-state index in [9.17, 15) is 4.79 Å². The first-order valence-corrected chi connectivity index (χ1v) is 9.63. The molecule has 146 valence electrons. The average Bonchev–Trinajstić information content (AvgIpc) is 3.12. The molecule has 1 amide bonds. The van der Waals surface area contributed by atoms with E-state index in [-0.39, 0.29) is 5.91 Å². The first kappa shape index (κ1) is 18.7. The molecular formula is C22H26N4O2. The van der Waals surface area contributed by atoms with E-state index in [1.165, 1.54) is 5.56 Å². The lowest BCUT2D eigenvalue weighted by Gasteiger charge is -2.39. The van der Waals surface area contributed by atoms with Gasteiger partial charge in [0.1, 0.15) is 5.65 Å². The lowest BCUT2D eigenvalue weighted by Crippen LogP contribution is -2.56. The molecule has 0 bridgehead atoms. The molecular weight excluding hydrogens is 352 g/mol. The second-order valence-electron chi connectivity index (χ2n) is 7.79. The van der Waals surface area contributed by atoms with E-state index in [2.05, 4.69) is 29.3 Å². The number of hydrogen-bond donors (Lipinski definition) is 1. The zero-order valence-corrected chi connectivity index (χ0v) is 16.6. The third-order valence-electron chi connectivity index (χ3n) is 5.41. The van der Waals surface area contributed by atoms with Gasteiger partial charge in [0.15, 0.2) is 0 Å². The summed E-state index contributed by atoms with van der Waals surface area (Å²) in [5.74, 6) is -0.00893. The summed E-state index contributed by atoms with van der Waals surface area (Å²) in [6, 6.07) is 12.0. The van der Waals surface area contributed by atoms with Gasteiger partial charge in [-0.1, -0.05) is 12.1 Å². The number of fused-ring (bicyclic) bond motifs is 1. The maximum absolute atomic E-state index is 12.8. The molecule has 2 aromatic heterocycles. The average molecular weight is 378 g/mol. The molecule has 3 aromatic rings. The van der Waals surface area contributed by atoms with Crippen molar-refractivity contribution in [3.8, 4) is 11.3 Å². The molecule has 1 aliphatic heterocycles.